The van der Waals surface area contributed by atoms with Crippen molar-refractivity contribution < 1.29 is 72.0 Å². The fraction of sp³-hybridized carbons (Fsp3) is 0. The van der Waals surface area contributed by atoms with Crippen molar-refractivity contribution in [3.63, 3.8) is 0 Å². The molecular formula is H5AlMgMnScZr. The van der Waals surface area contributed by atoms with E-state index in [4.69, 9.17) is 0 Å². The molecule has 0 aliphatic rings. The first kappa shape index (κ1) is 38.5. The van der Waals surface area contributed by atoms with E-state index in [0.717, 1.165) is 0 Å². The van der Waals surface area contributed by atoms with Gasteiger partial charge in [-0.05, 0) is 0 Å². The SMILES string of the molecule is [AlH3].[H-].[H-].[Mg+2].[Mn].[Sc].[Zr]. The van der Waals surface area contributed by atoms with Gasteiger partial charge in [0.2, 0.25) is 0 Å². The van der Waals surface area contributed by atoms with Crippen LogP contribution in [-0.2, 0) is 69.1 Å². The van der Waals surface area contributed by atoms with Gasteiger partial charge in [0.1, 0.15) is 0 Å². The van der Waals surface area contributed by atoms with Crippen LogP contribution in [0.2, 0.25) is 0 Å². The molecule has 0 heterocycles. The van der Waals surface area contributed by atoms with E-state index in [9.17, 15) is 0 Å². The number of hydrogen-bond acceptors (Lipinski definition) is 0. The molecule has 0 unspecified atom stereocenters. The van der Waals surface area contributed by atoms with Gasteiger partial charge in [0.15, 0.2) is 17.4 Å². The summed E-state index contributed by atoms with van der Waals surface area (Å²) in [5, 5.41) is 0. The summed E-state index contributed by atoms with van der Waals surface area (Å²) in [6.07, 6.45) is 0. The standard InChI is InChI=1S/Al.Mg.Mn.Sc.Zr.5H/q;+2;;;;;;;2*-1. The Balaban J connectivity index is 0. The molecule has 0 aromatic carbocycles. The maximum atomic E-state index is 0. The van der Waals surface area contributed by atoms with Crippen molar-refractivity contribution in [2.24, 2.45) is 0 Å². The molecule has 0 amide bonds. The summed E-state index contributed by atoms with van der Waals surface area (Å²) in [7, 11) is 0. The van der Waals surface area contributed by atoms with Gasteiger partial charge < -0.3 is 2.85 Å². The van der Waals surface area contributed by atoms with Crippen molar-refractivity contribution in [3.8, 4) is 0 Å². The van der Waals surface area contributed by atoms with E-state index in [2.05, 4.69) is 0 Å². The second-order valence-electron chi connectivity index (χ2n) is 0. The van der Waals surface area contributed by atoms with Crippen LogP contribution in [0.1, 0.15) is 2.85 Å². The third-order valence-corrected chi connectivity index (χ3v) is 0. The van der Waals surface area contributed by atoms with E-state index in [1.807, 2.05) is 0 Å². The molecule has 5 heavy (non-hydrogen) atoms. The molecule has 0 spiro atoms. The molecule has 2 radical (unpaired) electrons. The van der Waals surface area contributed by atoms with E-state index in [0.29, 0.717) is 0 Å². The van der Waals surface area contributed by atoms with E-state index >= 15 is 0 Å². The summed E-state index contributed by atoms with van der Waals surface area (Å²) >= 11 is 0. The van der Waals surface area contributed by atoms with Crippen LogP contribution in [0.15, 0.2) is 0 Å². The molecule has 0 fully saturated rings. The summed E-state index contributed by atoms with van der Waals surface area (Å²) < 4.78 is 0. The maximum absolute atomic E-state index is 0. The Morgan fingerprint density at radius 2 is 1.20 bits per heavy atom. The van der Waals surface area contributed by atoms with E-state index in [1.165, 1.54) is 0 Å². The first-order valence-corrected chi connectivity index (χ1v) is 0. The third-order valence-electron chi connectivity index (χ3n) is 0. The predicted octanol–water partition coefficient (Wildman–Crippen LogP) is -1.35. The average Bonchev–Trinajstić information content (AvgIpc) is 0. The molecule has 0 aliphatic heterocycles. The van der Waals surface area contributed by atoms with E-state index in [1.54, 1.807) is 0 Å². The Kier molecular flexibility index (Phi) is 198. The monoisotopic (exact) mass is 246 g/mol. The summed E-state index contributed by atoms with van der Waals surface area (Å²) in [5.74, 6) is 0. The molecule has 0 nitrogen and oxygen atoms in total. The Morgan fingerprint density at radius 3 is 1.20 bits per heavy atom. The quantitative estimate of drug-likeness (QED) is 0.465. The second-order valence-corrected chi connectivity index (χ2v) is 0. The van der Waals surface area contributed by atoms with Crippen LogP contribution in [0.3, 0.4) is 0 Å². The summed E-state index contributed by atoms with van der Waals surface area (Å²) in [5.41, 5.74) is 0. The fourth-order valence-corrected chi connectivity index (χ4v) is 0. The molecule has 0 bridgehead atoms. The van der Waals surface area contributed by atoms with Gasteiger partial charge in [-0.15, -0.1) is 0 Å². The van der Waals surface area contributed by atoms with Gasteiger partial charge in [-0.25, -0.2) is 0 Å². The van der Waals surface area contributed by atoms with Crippen LogP contribution in [0.4, 0.5) is 0 Å². The number of hydrogen-bond donors (Lipinski definition) is 0. The first-order valence-electron chi connectivity index (χ1n) is 0. The van der Waals surface area contributed by atoms with Crippen molar-refractivity contribution in [2.75, 3.05) is 0 Å². The summed E-state index contributed by atoms with van der Waals surface area (Å²) in [6, 6.07) is 0. The van der Waals surface area contributed by atoms with Gasteiger partial charge in [0, 0.05) is 69.1 Å². The van der Waals surface area contributed by atoms with Crippen LogP contribution >= 0.6 is 0 Å². The molecule has 0 N–H and O–H groups in total. The van der Waals surface area contributed by atoms with Gasteiger partial charge in [-0.2, -0.15) is 0 Å². The van der Waals surface area contributed by atoms with Crippen molar-refractivity contribution in [2.45, 2.75) is 0 Å². The average molecular weight is 247 g/mol. The minimum atomic E-state index is 0. The second kappa shape index (κ2) is 25.6. The third kappa shape index (κ3) is 18.4. The molecule has 0 saturated carbocycles. The van der Waals surface area contributed by atoms with Gasteiger partial charge in [-0.3, -0.25) is 0 Å². The predicted molar refractivity (Wildman–Crippen MR) is 17.9 cm³/mol. The fourth-order valence-electron chi connectivity index (χ4n) is 0. The van der Waals surface area contributed by atoms with Gasteiger partial charge >= 0.3 is 23.1 Å². The zero-order chi connectivity index (χ0) is 0. The van der Waals surface area contributed by atoms with Crippen molar-refractivity contribution in [1.29, 1.82) is 0 Å². The minimum Gasteiger partial charge on any atom is -1.00 e. The number of rotatable bonds is 0. The van der Waals surface area contributed by atoms with Crippen molar-refractivity contribution in [1.82, 2.24) is 0 Å². The Hall–Kier alpha value is 3.57. The van der Waals surface area contributed by atoms with Crippen LogP contribution in [0, 0.1) is 0 Å². The normalized spacial score (nSPS) is 0. The molecule has 0 aromatic rings. The van der Waals surface area contributed by atoms with Crippen LogP contribution in [0.5, 0.6) is 0 Å². The zero-order valence-corrected chi connectivity index (χ0v) is 9.02. The molecule has 5 heteroatoms. The molecular weight excluding hydrogens is 242 g/mol. The van der Waals surface area contributed by atoms with E-state index in [-0.39, 0.29) is 112 Å². The molecule has 0 aliphatic carbocycles. The Morgan fingerprint density at radius 1 is 1.20 bits per heavy atom. The topological polar surface area (TPSA) is 0 Å². The minimum absolute atomic E-state index is 0. The molecule has 0 aromatic heterocycles. The Bertz CT molecular complexity index is 17.7. The zero-order valence-electron chi connectivity index (χ0n) is 4.16. The van der Waals surface area contributed by atoms with Crippen LogP contribution < -0.4 is 0 Å². The maximum Gasteiger partial charge on any atom is 2.00 e. The van der Waals surface area contributed by atoms with Crippen molar-refractivity contribution in [3.05, 3.63) is 0 Å². The summed E-state index contributed by atoms with van der Waals surface area (Å²) in [4.78, 5) is 0. The van der Waals surface area contributed by atoms with Gasteiger partial charge in [0.05, 0.1) is 0 Å². The molecule has 0 atom stereocenters. The Labute approximate surface area is 110 Å². The molecule has 0 saturated heterocycles. The van der Waals surface area contributed by atoms with Gasteiger partial charge in [-0.1, -0.05) is 0 Å². The van der Waals surface area contributed by atoms with Crippen molar-refractivity contribution >= 4 is 40.4 Å². The largest absolute Gasteiger partial charge is 2.00 e. The van der Waals surface area contributed by atoms with Crippen LogP contribution in [0.25, 0.3) is 0 Å². The summed E-state index contributed by atoms with van der Waals surface area (Å²) in [6.45, 7) is 0. The first-order chi connectivity index (χ1) is 0. The molecule has 24 valence electrons. The van der Waals surface area contributed by atoms with Gasteiger partial charge in [0.25, 0.3) is 0 Å². The van der Waals surface area contributed by atoms with E-state index < -0.39 is 0 Å². The molecule has 0 rings (SSSR count). The van der Waals surface area contributed by atoms with Crippen LogP contribution in [-0.4, -0.2) is 40.4 Å². The smallest absolute Gasteiger partial charge is 1.00 e.